The SMILES string of the molecule is OCc1nc2ccccc2n1CC(O)c1ccc2c(c1)OCCCO2. The van der Waals surface area contributed by atoms with E-state index in [1.54, 1.807) is 0 Å². The Kier molecular flexibility index (Phi) is 4.29. The summed E-state index contributed by atoms with van der Waals surface area (Å²) in [4.78, 5) is 4.42. The van der Waals surface area contributed by atoms with Crippen molar-refractivity contribution in [3.8, 4) is 11.5 Å². The van der Waals surface area contributed by atoms with E-state index in [1.165, 1.54) is 0 Å². The summed E-state index contributed by atoms with van der Waals surface area (Å²) in [5.74, 6) is 1.90. The van der Waals surface area contributed by atoms with Crippen LogP contribution in [0.1, 0.15) is 23.9 Å². The van der Waals surface area contributed by atoms with Crippen molar-refractivity contribution in [3.05, 3.63) is 53.9 Å². The average Bonchev–Trinajstić information content (AvgIpc) is 2.83. The largest absolute Gasteiger partial charge is 0.490 e. The van der Waals surface area contributed by atoms with Crippen LogP contribution in [-0.4, -0.2) is 33.0 Å². The fraction of sp³-hybridized carbons (Fsp3) is 0.316. The molecular formula is C19H20N2O4. The van der Waals surface area contributed by atoms with E-state index in [4.69, 9.17) is 9.47 Å². The molecule has 2 aromatic carbocycles. The molecule has 25 heavy (non-hydrogen) atoms. The van der Waals surface area contributed by atoms with Gasteiger partial charge in [-0.05, 0) is 29.8 Å². The number of rotatable bonds is 4. The van der Waals surface area contributed by atoms with Crippen LogP contribution in [-0.2, 0) is 13.2 Å². The van der Waals surface area contributed by atoms with Crippen molar-refractivity contribution in [2.75, 3.05) is 13.2 Å². The van der Waals surface area contributed by atoms with Gasteiger partial charge in [-0.15, -0.1) is 0 Å². The Bertz CT molecular complexity index is 890. The van der Waals surface area contributed by atoms with Gasteiger partial charge in [0.05, 0.1) is 36.9 Å². The maximum atomic E-state index is 10.7. The number of benzene rings is 2. The van der Waals surface area contributed by atoms with E-state index < -0.39 is 6.10 Å². The van der Waals surface area contributed by atoms with Gasteiger partial charge in [-0.2, -0.15) is 0 Å². The molecule has 0 saturated carbocycles. The second kappa shape index (κ2) is 6.74. The van der Waals surface area contributed by atoms with Gasteiger partial charge in [0.15, 0.2) is 11.5 Å². The lowest BCUT2D eigenvalue weighted by molar-refractivity contribution is 0.153. The molecule has 6 heteroatoms. The zero-order valence-corrected chi connectivity index (χ0v) is 13.8. The van der Waals surface area contributed by atoms with Gasteiger partial charge >= 0.3 is 0 Å². The molecule has 0 bridgehead atoms. The quantitative estimate of drug-likeness (QED) is 0.763. The molecule has 130 valence electrons. The number of fused-ring (bicyclic) bond motifs is 2. The first kappa shape index (κ1) is 15.9. The van der Waals surface area contributed by atoms with Crippen LogP contribution >= 0.6 is 0 Å². The molecule has 4 rings (SSSR count). The van der Waals surface area contributed by atoms with Crippen LogP contribution in [0, 0.1) is 0 Å². The third-order valence-corrected chi connectivity index (χ3v) is 4.39. The van der Waals surface area contributed by atoms with E-state index in [0.29, 0.717) is 37.1 Å². The smallest absolute Gasteiger partial charge is 0.161 e. The number of hydrogen-bond donors (Lipinski definition) is 2. The van der Waals surface area contributed by atoms with Crippen LogP contribution < -0.4 is 9.47 Å². The number of aromatic nitrogens is 2. The van der Waals surface area contributed by atoms with Crippen molar-refractivity contribution in [2.24, 2.45) is 0 Å². The average molecular weight is 340 g/mol. The molecule has 0 spiro atoms. The molecular weight excluding hydrogens is 320 g/mol. The summed E-state index contributed by atoms with van der Waals surface area (Å²) < 4.78 is 13.2. The molecule has 3 aromatic rings. The summed E-state index contributed by atoms with van der Waals surface area (Å²) in [6, 6.07) is 13.1. The fourth-order valence-corrected chi connectivity index (χ4v) is 3.12. The molecule has 0 radical (unpaired) electrons. The van der Waals surface area contributed by atoms with Gasteiger partial charge in [0.2, 0.25) is 0 Å². The lowest BCUT2D eigenvalue weighted by Crippen LogP contribution is -2.12. The van der Waals surface area contributed by atoms with Crippen LogP contribution in [0.15, 0.2) is 42.5 Å². The highest BCUT2D eigenvalue weighted by Gasteiger charge is 2.18. The molecule has 0 fully saturated rings. The molecule has 1 unspecified atom stereocenters. The predicted octanol–water partition coefficient (Wildman–Crippen LogP) is 2.42. The fourth-order valence-electron chi connectivity index (χ4n) is 3.12. The normalized spacial score (nSPS) is 15.1. The van der Waals surface area contributed by atoms with E-state index >= 15 is 0 Å². The maximum absolute atomic E-state index is 10.7. The Labute approximate surface area is 145 Å². The molecule has 0 aliphatic carbocycles. The molecule has 1 aliphatic heterocycles. The monoisotopic (exact) mass is 340 g/mol. The van der Waals surface area contributed by atoms with E-state index in [0.717, 1.165) is 23.0 Å². The van der Waals surface area contributed by atoms with E-state index in [2.05, 4.69) is 4.98 Å². The molecule has 0 saturated heterocycles. The minimum Gasteiger partial charge on any atom is -0.490 e. The second-order valence-electron chi connectivity index (χ2n) is 6.06. The van der Waals surface area contributed by atoms with Crippen molar-refractivity contribution in [3.63, 3.8) is 0 Å². The topological polar surface area (TPSA) is 76.7 Å². The van der Waals surface area contributed by atoms with Gasteiger partial charge in [-0.1, -0.05) is 18.2 Å². The third kappa shape index (κ3) is 3.06. The highest BCUT2D eigenvalue weighted by atomic mass is 16.5. The van der Waals surface area contributed by atoms with Crippen molar-refractivity contribution in [2.45, 2.75) is 25.7 Å². The minimum absolute atomic E-state index is 0.178. The molecule has 1 aliphatic rings. The second-order valence-corrected chi connectivity index (χ2v) is 6.06. The molecule has 1 atom stereocenters. The first-order valence-corrected chi connectivity index (χ1v) is 8.39. The van der Waals surface area contributed by atoms with Crippen LogP contribution in [0.5, 0.6) is 11.5 Å². The summed E-state index contributed by atoms with van der Waals surface area (Å²) in [5.41, 5.74) is 2.43. The minimum atomic E-state index is -0.750. The van der Waals surface area contributed by atoms with Crippen LogP contribution in [0.25, 0.3) is 11.0 Å². The number of nitrogens with zero attached hydrogens (tertiary/aromatic N) is 2. The standard InChI is InChI=1S/C19H20N2O4/c22-12-19-20-14-4-1-2-5-15(14)21(19)11-16(23)13-6-7-17-18(10-13)25-9-3-8-24-17/h1-2,4-7,10,16,22-23H,3,8-9,11-12H2. The lowest BCUT2D eigenvalue weighted by atomic mass is 10.1. The summed E-state index contributed by atoms with van der Waals surface area (Å²) >= 11 is 0. The van der Waals surface area contributed by atoms with Gasteiger partial charge < -0.3 is 24.3 Å². The molecule has 0 amide bonds. The van der Waals surface area contributed by atoms with Crippen LogP contribution in [0.2, 0.25) is 0 Å². The Balaban J connectivity index is 1.64. The van der Waals surface area contributed by atoms with E-state index in [1.807, 2.05) is 47.0 Å². The van der Waals surface area contributed by atoms with Gasteiger partial charge in [0.1, 0.15) is 12.4 Å². The molecule has 2 N–H and O–H groups in total. The molecule has 2 heterocycles. The van der Waals surface area contributed by atoms with Crippen LogP contribution in [0.3, 0.4) is 0 Å². The summed E-state index contributed by atoms with van der Waals surface area (Å²) in [6.07, 6.45) is 0.0908. The van der Waals surface area contributed by atoms with Crippen molar-refractivity contribution < 1.29 is 19.7 Å². The first-order chi connectivity index (χ1) is 12.3. The number of para-hydroxylation sites is 2. The summed E-state index contributed by atoms with van der Waals surface area (Å²) in [5, 5.41) is 20.3. The van der Waals surface area contributed by atoms with Crippen LogP contribution in [0.4, 0.5) is 0 Å². The summed E-state index contributed by atoms with van der Waals surface area (Å²) in [6.45, 7) is 1.36. The highest BCUT2D eigenvalue weighted by molar-refractivity contribution is 5.75. The third-order valence-electron chi connectivity index (χ3n) is 4.39. The van der Waals surface area contributed by atoms with Crippen molar-refractivity contribution >= 4 is 11.0 Å². The van der Waals surface area contributed by atoms with Gasteiger partial charge in [-0.25, -0.2) is 4.98 Å². The highest BCUT2D eigenvalue weighted by Crippen LogP contribution is 2.33. The van der Waals surface area contributed by atoms with Crippen molar-refractivity contribution in [1.82, 2.24) is 9.55 Å². The zero-order valence-electron chi connectivity index (χ0n) is 13.8. The molecule has 6 nitrogen and oxygen atoms in total. The van der Waals surface area contributed by atoms with Gasteiger partial charge in [0.25, 0.3) is 0 Å². The first-order valence-electron chi connectivity index (χ1n) is 8.39. The summed E-state index contributed by atoms with van der Waals surface area (Å²) in [7, 11) is 0. The van der Waals surface area contributed by atoms with E-state index in [-0.39, 0.29) is 6.61 Å². The Morgan fingerprint density at radius 1 is 1.08 bits per heavy atom. The zero-order chi connectivity index (χ0) is 17.2. The molecule has 1 aromatic heterocycles. The van der Waals surface area contributed by atoms with E-state index in [9.17, 15) is 10.2 Å². The number of ether oxygens (including phenoxy) is 2. The van der Waals surface area contributed by atoms with Crippen molar-refractivity contribution in [1.29, 1.82) is 0 Å². The number of aliphatic hydroxyl groups excluding tert-OH is 2. The lowest BCUT2D eigenvalue weighted by Gasteiger charge is -2.16. The van der Waals surface area contributed by atoms with Gasteiger partial charge in [-0.3, -0.25) is 0 Å². The van der Waals surface area contributed by atoms with Gasteiger partial charge in [0, 0.05) is 6.42 Å². The Morgan fingerprint density at radius 2 is 1.88 bits per heavy atom. The number of hydrogen-bond acceptors (Lipinski definition) is 5. The number of aliphatic hydroxyl groups is 2. The predicted molar refractivity (Wildman–Crippen MR) is 92.7 cm³/mol. The Hall–Kier alpha value is -2.57. The maximum Gasteiger partial charge on any atom is 0.161 e. The Morgan fingerprint density at radius 3 is 2.72 bits per heavy atom. The number of imidazole rings is 1.